The zero-order valence-corrected chi connectivity index (χ0v) is 15.5. The van der Waals surface area contributed by atoms with Gasteiger partial charge in [0.05, 0.1) is 5.60 Å². The highest BCUT2D eigenvalue weighted by Gasteiger charge is 2.24. The zero-order chi connectivity index (χ0) is 17.7. The van der Waals surface area contributed by atoms with Crippen molar-refractivity contribution in [1.29, 1.82) is 0 Å². The van der Waals surface area contributed by atoms with E-state index in [2.05, 4.69) is 16.7 Å². The predicted molar refractivity (Wildman–Crippen MR) is 101 cm³/mol. The molecule has 1 amide bonds. The van der Waals surface area contributed by atoms with Gasteiger partial charge >= 0.3 is 0 Å². The van der Waals surface area contributed by atoms with Crippen LogP contribution in [0.5, 0.6) is 0 Å². The summed E-state index contributed by atoms with van der Waals surface area (Å²) in [6.45, 7) is 8.16. The van der Waals surface area contributed by atoms with Crippen LogP contribution in [-0.4, -0.2) is 23.6 Å². The fourth-order valence-electron chi connectivity index (χ4n) is 2.55. The molecule has 0 spiro atoms. The van der Waals surface area contributed by atoms with Crippen molar-refractivity contribution in [3.05, 3.63) is 51.7 Å². The monoisotopic (exact) mass is 346 g/mol. The number of rotatable bonds is 7. The Morgan fingerprint density at radius 2 is 2.08 bits per heavy atom. The average molecular weight is 346 g/mol. The first-order valence-electron chi connectivity index (χ1n) is 8.13. The lowest BCUT2D eigenvalue weighted by molar-refractivity contribution is -0.116. The van der Waals surface area contributed by atoms with E-state index < -0.39 is 5.60 Å². The molecule has 2 atom stereocenters. The van der Waals surface area contributed by atoms with Crippen molar-refractivity contribution in [1.82, 2.24) is 5.32 Å². The van der Waals surface area contributed by atoms with Crippen LogP contribution in [0.4, 0.5) is 5.69 Å². The van der Waals surface area contributed by atoms with Gasteiger partial charge in [0.1, 0.15) is 0 Å². The fraction of sp³-hybridized carbons (Fsp3) is 0.421. The number of hydrogen-bond acceptors (Lipinski definition) is 4. The van der Waals surface area contributed by atoms with Crippen molar-refractivity contribution in [3.8, 4) is 0 Å². The van der Waals surface area contributed by atoms with E-state index in [1.54, 1.807) is 18.3 Å². The lowest BCUT2D eigenvalue weighted by Crippen LogP contribution is -2.40. The maximum atomic E-state index is 12.2. The second-order valence-corrected chi connectivity index (χ2v) is 7.42. The third kappa shape index (κ3) is 5.16. The summed E-state index contributed by atoms with van der Waals surface area (Å²) in [5.74, 6) is -0.0304. The van der Waals surface area contributed by atoms with E-state index in [1.807, 2.05) is 49.7 Å². The minimum atomic E-state index is -0.932. The highest BCUT2D eigenvalue weighted by Crippen LogP contribution is 2.22. The Labute approximate surface area is 147 Å². The smallest absolute Gasteiger partial charge is 0.225 e. The maximum absolute atomic E-state index is 12.2. The summed E-state index contributed by atoms with van der Waals surface area (Å²) in [5, 5.41) is 20.6. The Morgan fingerprint density at radius 1 is 1.33 bits per heavy atom. The van der Waals surface area contributed by atoms with Crippen molar-refractivity contribution in [2.24, 2.45) is 0 Å². The first-order chi connectivity index (χ1) is 11.3. The van der Waals surface area contributed by atoms with Gasteiger partial charge < -0.3 is 15.7 Å². The zero-order valence-electron chi connectivity index (χ0n) is 14.7. The molecule has 2 unspecified atom stereocenters. The number of hydrogen-bond donors (Lipinski definition) is 3. The van der Waals surface area contributed by atoms with Gasteiger partial charge in [-0.05, 0) is 61.7 Å². The molecule has 5 heteroatoms. The van der Waals surface area contributed by atoms with Gasteiger partial charge in [-0.1, -0.05) is 17.7 Å². The lowest BCUT2D eigenvalue weighted by Gasteiger charge is -2.25. The molecule has 0 radical (unpaired) electrons. The highest BCUT2D eigenvalue weighted by molar-refractivity contribution is 7.08. The van der Waals surface area contributed by atoms with E-state index >= 15 is 0 Å². The number of nitrogens with one attached hydrogen (secondary N) is 2. The number of aliphatic hydroxyl groups is 1. The topological polar surface area (TPSA) is 61.4 Å². The van der Waals surface area contributed by atoms with Crippen LogP contribution in [0.1, 0.15) is 37.0 Å². The quantitative estimate of drug-likeness (QED) is 0.718. The predicted octanol–water partition coefficient (Wildman–Crippen LogP) is 3.58. The Balaban J connectivity index is 1.83. The van der Waals surface area contributed by atoms with E-state index in [0.29, 0.717) is 13.0 Å². The molecule has 2 aromatic rings. The molecule has 24 heavy (non-hydrogen) atoms. The van der Waals surface area contributed by atoms with Crippen molar-refractivity contribution < 1.29 is 9.90 Å². The van der Waals surface area contributed by atoms with Gasteiger partial charge in [0.2, 0.25) is 5.91 Å². The third-order valence-electron chi connectivity index (χ3n) is 4.09. The third-order valence-corrected chi connectivity index (χ3v) is 4.77. The minimum Gasteiger partial charge on any atom is -0.384 e. The van der Waals surface area contributed by atoms with E-state index in [0.717, 1.165) is 16.8 Å². The van der Waals surface area contributed by atoms with Crippen molar-refractivity contribution in [3.63, 3.8) is 0 Å². The highest BCUT2D eigenvalue weighted by atomic mass is 32.1. The van der Waals surface area contributed by atoms with Crippen LogP contribution >= 0.6 is 11.3 Å². The maximum Gasteiger partial charge on any atom is 0.225 e. The molecule has 2 rings (SSSR count). The molecule has 1 aromatic heterocycles. The van der Waals surface area contributed by atoms with E-state index in [-0.39, 0.29) is 11.9 Å². The Bertz CT molecular complexity index is 681. The summed E-state index contributed by atoms with van der Waals surface area (Å²) < 4.78 is 0. The Hall–Kier alpha value is -1.69. The minimum absolute atomic E-state index is 0.0270. The SMILES string of the molecule is Cc1ccc(NC(=O)CC(C)NCC(C)(O)c2ccsc2)c(C)c1. The summed E-state index contributed by atoms with van der Waals surface area (Å²) >= 11 is 1.56. The second kappa shape index (κ2) is 7.92. The molecule has 4 nitrogen and oxygen atoms in total. The number of thiophene rings is 1. The molecule has 0 aliphatic rings. The van der Waals surface area contributed by atoms with Crippen molar-refractivity contribution in [2.75, 3.05) is 11.9 Å². The molecule has 3 N–H and O–H groups in total. The van der Waals surface area contributed by atoms with E-state index in [4.69, 9.17) is 0 Å². The molecule has 130 valence electrons. The Kier molecular flexibility index (Phi) is 6.15. The summed E-state index contributed by atoms with van der Waals surface area (Å²) in [7, 11) is 0. The number of carbonyl (C=O) groups is 1. The number of benzene rings is 1. The molecule has 0 aliphatic carbocycles. The average Bonchev–Trinajstić information content (AvgIpc) is 3.03. The van der Waals surface area contributed by atoms with Gasteiger partial charge in [0.25, 0.3) is 0 Å². The number of anilines is 1. The van der Waals surface area contributed by atoms with Gasteiger partial charge in [-0.3, -0.25) is 4.79 Å². The van der Waals surface area contributed by atoms with Crippen LogP contribution in [0.25, 0.3) is 0 Å². The number of carbonyl (C=O) groups excluding carboxylic acids is 1. The molecular weight excluding hydrogens is 320 g/mol. The van der Waals surface area contributed by atoms with Crippen LogP contribution in [0.2, 0.25) is 0 Å². The summed E-state index contributed by atoms with van der Waals surface area (Å²) in [5.41, 5.74) is 3.05. The van der Waals surface area contributed by atoms with Crippen LogP contribution in [-0.2, 0) is 10.4 Å². The summed E-state index contributed by atoms with van der Waals surface area (Å²) in [6, 6.07) is 7.87. The van der Waals surface area contributed by atoms with Crippen LogP contribution in [0, 0.1) is 13.8 Å². The molecule has 0 aliphatic heterocycles. The lowest BCUT2D eigenvalue weighted by atomic mass is 9.99. The van der Waals surface area contributed by atoms with Gasteiger partial charge in [-0.25, -0.2) is 0 Å². The van der Waals surface area contributed by atoms with Gasteiger partial charge in [-0.2, -0.15) is 11.3 Å². The van der Waals surface area contributed by atoms with Crippen molar-refractivity contribution >= 4 is 22.9 Å². The van der Waals surface area contributed by atoms with E-state index in [9.17, 15) is 9.90 Å². The molecule has 1 aromatic carbocycles. The van der Waals surface area contributed by atoms with Gasteiger partial charge in [0.15, 0.2) is 0 Å². The molecule has 1 heterocycles. The summed E-state index contributed by atoms with van der Waals surface area (Å²) in [4.78, 5) is 12.2. The summed E-state index contributed by atoms with van der Waals surface area (Å²) in [6.07, 6.45) is 0.354. The van der Waals surface area contributed by atoms with Crippen molar-refractivity contribution in [2.45, 2.75) is 45.8 Å². The first kappa shape index (κ1) is 18.6. The molecule has 0 saturated carbocycles. The van der Waals surface area contributed by atoms with Crippen LogP contribution in [0.3, 0.4) is 0 Å². The second-order valence-electron chi connectivity index (χ2n) is 6.64. The van der Waals surface area contributed by atoms with E-state index in [1.165, 1.54) is 5.56 Å². The fourth-order valence-corrected chi connectivity index (χ4v) is 3.33. The first-order valence-corrected chi connectivity index (χ1v) is 9.08. The Morgan fingerprint density at radius 3 is 2.71 bits per heavy atom. The van der Waals surface area contributed by atoms with Crippen LogP contribution in [0.15, 0.2) is 35.0 Å². The van der Waals surface area contributed by atoms with Gasteiger partial charge in [0, 0.05) is 24.7 Å². The molecular formula is C19H26N2O2S. The number of aryl methyl sites for hydroxylation is 2. The standard InChI is InChI=1S/C19H26N2O2S/c1-13-5-6-17(14(2)9-13)21-18(22)10-15(3)20-12-19(4,23)16-7-8-24-11-16/h5-9,11,15,20,23H,10,12H2,1-4H3,(H,21,22). The normalized spacial score (nSPS) is 14.9. The van der Waals surface area contributed by atoms with Gasteiger partial charge in [-0.15, -0.1) is 0 Å². The number of amides is 1. The molecule has 0 fully saturated rings. The molecule has 0 saturated heterocycles. The molecule has 0 bridgehead atoms. The largest absolute Gasteiger partial charge is 0.384 e. The van der Waals surface area contributed by atoms with Crippen LogP contribution < -0.4 is 10.6 Å².